The van der Waals surface area contributed by atoms with Gasteiger partial charge in [0.05, 0.1) is 10.9 Å². The number of hydrogen-bond acceptors (Lipinski definition) is 4. The molecule has 0 radical (unpaired) electrons. The maximum Gasteiger partial charge on any atom is 0.175 e. The summed E-state index contributed by atoms with van der Waals surface area (Å²) >= 11 is 0. The predicted octanol–water partition coefficient (Wildman–Crippen LogP) is 2.21. The molecule has 0 heterocycles. The van der Waals surface area contributed by atoms with Crippen molar-refractivity contribution < 1.29 is 8.42 Å². The SMILES string of the molecule is CCc1cccc(C(NN)c2cccc(S(C)(=O)=O)c2)c1. The van der Waals surface area contributed by atoms with E-state index >= 15 is 0 Å². The van der Waals surface area contributed by atoms with Crippen LogP contribution in [-0.4, -0.2) is 14.7 Å². The van der Waals surface area contributed by atoms with E-state index in [0.29, 0.717) is 4.90 Å². The van der Waals surface area contributed by atoms with E-state index in [4.69, 9.17) is 5.84 Å². The topological polar surface area (TPSA) is 72.2 Å². The summed E-state index contributed by atoms with van der Waals surface area (Å²) < 4.78 is 23.4. The Balaban J connectivity index is 2.46. The lowest BCUT2D eigenvalue weighted by Gasteiger charge is -2.18. The zero-order valence-corrected chi connectivity index (χ0v) is 13.0. The third kappa shape index (κ3) is 3.69. The molecule has 1 atom stereocenters. The second-order valence-corrected chi connectivity index (χ2v) is 7.06. The van der Waals surface area contributed by atoms with Gasteiger partial charge in [0.15, 0.2) is 9.84 Å². The van der Waals surface area contributed by atoms with Crippen LogP contribution < -0.4 is 11.3 Å². The molecule has 0 saturated heterocycles. The van der Waals surface area contributed by atoms with Crippen molar-refractivity contribution in [2.45, 2.75) is 24.3 Å². The Morgan fingerprint density at radius 2 is 1.71 bits per heavy atom. The minimum atomic E-state index is -3.23. The fraction of sp³-hybridized carbons (Fsp3) is 0.250. The van der Waals surface area contributed by atoms with Gasteiger partial charge in [-0.1, -0.05) is 43.3 Å². The monoisotopic (exact) mass is 304 g/mol. The third-order valence-electron chi connectivity index (χ3n) is 3.48. The maximum atomic E-state index is 11.7. The summed E-state index contributed by atoms with van der Waals surface area (Å²) in [7, 11) is -3.23. The molecule has 0 fully saturated rings. The third-order valence-corrected chi connectivity index (χ3v) is 4.59. The second-order valence-electron chi connectivity index (χ2n) is 5.04. The molecular weight excluding hydrogens is 284 g/mol. The van der Waals surface area contributed by atoms with Crippen LogP contribution in [-0.2, 0) is 16.3 Å². The lowest BCUT2D eigenvalue weighted by atomic mass is 9.97. The number of nitrogens with two attached hydrogens (primary N) is 1. The van der Waals surface area contributed by atoms with Gasteiger partial charge in [0.1, 0.15) is 0 Å². The van der Waals surface area contributed by atoms with Crippen molar-refractivity contribution in [3.05, 3.63) is 65.2 Å². The molecule has 3 N–H and O–H groups in total. The average Bonchev–Trinajstić information content (AvgIpc) is 2.48. The molecule has 112 valence electrons. The maximum absolute atomic E-state index is 11.7. The zero-order valence-electron chi connectivity index (χ0n) is 12.2. The van der Waals surface area contributed by atoms with Crippen molar-refractivity contribution in [1.82, 2.24) is 5.43 Å². The molecule has 0 bridgehead atoms. The molecule has 21 heavy (non-hydrogen) atoms. The van der Waals surface area contributed by atoms with Crippen LogP contribution in [0.3, 0.4) is 0 Å². The smallest absolute Gasteiger partial charge is 0.175 e. The molecule has 2 aromatic carbocycles. The largest absolute Gasteiger partial charge is 0.271 e. The molecular formula is C16H20N2O2S. The van der Waals surface area contributed by atoms with Crippen LogP contribution in [0.1, 0.15) is 29.7 Å². The van der Waals surface area contributed by atoms with Gasteiger partial charge in [-0.15, -0.1) is 0 Å². The molecule has 0 spiro atoms. The Hall–Kier alpha value is -1.69. The van der Waals surface area contributed by atoms with E-state index in [1.165, 1.54) is 11.8 Å². The van der Waals surface area contributed by atoms with Crippen molar-refractivity contribution in [1.29, 1.82) is 0 Å². The van der Waals surface area contributed by atoms with Crippen LogP contribution in [0.25, 0.3) is 0 Å². The molecule has 0 saturated carbocycles. The molecule has 0 aromatic heterocycles. The van der Waals surface area contributed by atoms with Crippen LogP contribution in [0.5, 0.6) is 0 Å². The van der Waals surface area contributed by atoms with Crippen molar-refractivity contribution in [3.63, 3.8) is 0 Å². The van der Waals surface area contributed by atoms with Crippen LogP contribution in [0.15, 0.2) is 53.4 Å². The molecule has 5 heteroatoms. The van der Waals surface area contributed by atoms with Gasteiger partial charge in [0.25, 0.3) is 0 Å². The Morgan fingerprint density at radius 3 is 2.29 bits per heavy atom. The first kappa shape index (κ1) is 15.7. The van der Waals surface area contributed by atoms with Gasteiger partial charge < -0.3 is 0 Å². The molecule has 1 unspecified atom stereocenters. The quantitative estimate of drug-likeness (QED) is 0.656. The van der Waals surface area contributed by atoms with Gasteiger partial charge in [0.2, 0.25) is 0 Å². The second kappa shape index (κ2) is 6.39. The summed E-state index contributed by atoms with van der Waals surface area (Å²) in [5.41, 5.74) is 5.83. The van der Waals surface area contributed by atoms with Crippen molar-refractivity contribution in [2.75, 3.05) is 6.26 Å². The van der Waals surface area contributed by atoms with Gasteiger partial charge in [0, 0.05) is 6.26 Å². The lowest BCUT2D eigenvalue weighted by molar-refractivity contribution is 0.600. The van der Waals surface area contributed by atoms with Crippen LogP contribution in [0, 0.1) is 0 Å². The van der Waals surface area contributed by atoms with E-state index in [2.05, 4.69) is 24.5 Å². The van der Waals surface area contributed by atoms with E-state index in [9.17, 15) is 8.42 Å². The van der Waals surface area contributed by atoms with Gasteiger partial charge in [-0.2, -0.15) is 0 Å². The number of rotatable bonds is 5. The van der Waals surface area contributed by atoms with Gasteiger partial charge in [-0.25, -0.2) is 13.8 Å². The summed E-state index contributed by atoms with van der Waals surface area (Å²) in [5, 5.41) is 0. The number of aryl methyl sites for hydroxylation is 1. The van der Waals surface area contributed by atoms with Crippen molar-refractivity contribution in [2.24, 2.45) is 5.84 Å². The molecule has 0 aliphatic rings. The Labute approximate surface area is 125 Å². The normalized spacial score (nSPS) is 13.1. The molecule has 4 nitrogen and oxygen atoms in total. The minimum absolute atomic E-state index is 0.238. The fourth-order valence-corrected chi connectivity index (χ4v) is 2.98. The van der Waals surface area contributed by atoms with Crippen LogP contribution in [0.4, 0.5) is 0 Å². The van der Waals surface area contributed by atoms with E-state index < -0.39 is 9.84 Å². The Bertz CT molecular complexity index is 727. The van der Waals surface area contributed by atoms with Crippen LogP contribution in [0.2, 0.25) is 0 Å². The standard InChI is InChI=1S/C16H20N2O2S/c1-3-12-6-4-7-13(10-12)16(18-17)14-8-5-9-15(11-14)21(2,19)20/h4-11,16,18H,3,17H2,1-2H3. The van der Waals surface area contributed by atoms with Gasteiger partial charge >= 0.3 is 0 Å². The highest BCUT2D eigenvalue weighted by Crippen LogP contribution is 2.24. The highest BCUT2D eigenvalue weighted by atomic mass is 32.2. The minimum Gasteiger partial charge on any atom is -0.271 e. The first-order chi connectivity index (χ1) is 9.95. The molecule has 2 rings (SSSR count). The predicted molar refractivity (Wildman–Crippen MR) is 84.5 cm³/mol. The summed E-state index contributed by atoms with van der Waals surface area (Å²) in [6.07, 6.45) is 2.14. The highest BCUT2D eigenvalue weighted by Gasteiger charge is 2.15. The van der Waals surface area contributed by atoms with Crippen molar-refractivity contribution >= 4 is 9.84 Å². The summed E-state index contributed by atoms with van der Waals surface area (Å²) in [5.74, 6) is 5.69. The fourth-order valence-electron chi connectivity index (χ4n) is 2.30. The first-order valence-electron chi connectivity index (χ1n) is 6.80. The molecule has 0 aliphatic carbocycles. The Morgan fingerprint density at radius 1 is 1.10 bits per heavy atom. The van der Waals surface area contributed by atoms with E-state index in [-0.39, 0.29) is 6.04 Å². The molecule has 0 aliphatic heterocycles. The summed E-state index contributed by atoms with van der Waals surface area (Å²) in [6, 6.07) is 14.7. The number of benzene rings is 2. The molecule has 2 aromatic rings. The number of hydrazine groups is 1. The highest BCUT2D eigenvalue weighted by molar-refractivity contribution is 7.90. The first-order valence-corrected chi connectivity index (χ1v) is 8.70. The van der Waals surface area contributed by atoms with E-state index in [1.54, 1.807) is 18.2 Å². The summed E-state index contributed by atoms with van der Waals surface area (Å²) in [4.78, 5) is 0.298. The zero-order chi connectivity index (χ0) is 15.5. The molecule has 0 amide bonds. The number of hydrogen-bond donors (Lipinski definition) is 2. The van der Waals surface area contributed by atoms with Crippen molar-refractivity contribution in [3.8, 4) is 0 Å². The number of nitrogens with one attached hydrogen (secondary N) is 1. The van der Waals surface area contributed by atoms with Gasteiger partial charge in [-0.3, -0.25) is 5.84 Å². The van der Waals surface area contributed by atoms with E-state index in [0.717, 1.165) is 17.5 Å². The Kier molecular flexibility index (Phi) is 4.77. The number of sulfone groups is 1. The average molecular weight is 304 g/mol. The van der Waals surface area contributed by atoms with E-state index in [1.807, 2.05) is 18.2 Å². The lowest BCUT2D eigenvalue weighted by Crippen LogP contribution is -2.29. The summed E-state index contributed by atoms with van der Waals surface area (Å²) in [6.45, 7) is 2.09. The van der Waals surface area contributed by atoms with Crippen LogP contribution >= 0.6 is 0 Å². The van der Waals surface area contributed by atoms with Gasteiger partial charge in [-0.05, 0) is 35.2 Å².